The minimum atomic E-state index is 0.0952. The molecule has 4 rings (SSSR count). The maximum absolute atomic E-state index is 13.2. The van der Waals surface area contributed by atoms with Crippen LogP contribution in [0.1, 0.15) is 36.5 Å². The third-order valence-electron chi connectivity index (χ3n) is 4.78. The number of benzene rings is 1. The molecule has 0 aliphatic carbocycles. The van der Waals surface area contributed by atoms with Gasteiger partial charge in [-0.1, -0.05) is 24.3 Å². The molecule has 128 valence electrons. The number of rotatable bonds is 3. The highest BCUT2D eigenvalue weighted by Crippen LogP contribution is 2.30. The molecule has 1 saturated heterocycles. The van der Waals surface area contributed by atoms with Gasteiger partial charge in [-0.25, -0.2) is 4.68 Å². The summed E-state index contributed by atoms with van der Waals surface area (Å²) >= 11 is 1.62. The van der Waals surface area contributed by atoms with E-state index in [0.717, 1.165) is 35.6 Å². The molecule has 5 heteroatoms. The molecular formula is C20H21N3OS. The lowest BCUT2D eigenvalue weighted by Gasteiger charge is -2.33. The maximum atomic E-state index is 13.2. The number of aromatic nitrogens is 2. The average Bonchev–Trinajstić information content (AvgIpc) is 3.32. The molecule has 1 aliphatic rings. The van der Waals surface area contributed by atoms with Crippen LogP contribution in [0, 0.1) is 0 Å². The second-order valence-corrected chi connectivity index (χ2v) is 7.44. The van der Waals surface area contributed by atoms with Gasteiger partial charge in [0.15, 0.2) is 0 Å². The highest BCUT2D eigenvalue weighted by molar-refractivity contribution is 7.13. The van der Waals surface area contributed by atoms with Gasteiger partial charge in [-0.15, -0.1) is 11.3 Å². The van der Waals surface area contributed by atoms with Gasteiger partial charge in [0, 0.05) is 18.8 Å². The van der Waals surface area contributed by atoms with Crippen LogP contribution in [0.3, 0.4) is 0 Å². The molecule has 1 fully saturated rings. The van der Waals surface area contributed by atoms with E-state index in [1.165, 1.54) is 6.42 Å². The Balaban J connectivity index is 1.77. The Morgan fingerprint density at radius 3 is 2.72 bits per heavy atom. The maximum Gasteiger partial charge on any atom is 0.257 e. The van der Waals surface area contributed by atoms with Gasteiger partial charge in [0.05, 0.1) is 16.1 Å². The number of para-hydroxylation sites is 1. The van der Waals surface area contributed by atoms with Gasteiger partial charge in [-0.05, 0) is 49.8 Å². The van der Waals surface area contributed by atoms with E-state index in [4.69, 9.17) is 5.10 Å². The Hall–Kier alpha value is -2.40. The number of amides is 1. The van der Waals surface area contributed by atoms with Crippen molar-refractivity contribution in [2.24, 2.45) is 0 Å². The lowest BCUT2D eigenvalue weighted by atomic mass is 10.0. The lowest BCUT2D eigenvalue weighted by molar-refractivity contribution is 0.0636. The van der Waals surface area contributed by atoms with Gasteiger partial charge in [-0.3, -0.25) is 4.79 Å². The third-order valence-corrected chi connectivity index (χ3v) is 5.66. The number of hydrogen-bond acceptors (Lipinski definition) is 3. The molecule has 0 N–H and O–H groups in total. The number of thiophene rings is 1. The zero-order valence-corrected chi connectivity index (χ0v) is 15.1. The smallest absolute Gasteiger partial charge is 0.257 e. The third kappa shape index (κ3) is 3.12. The molecule has 25 heavy (non-hydrogen) atoms. The van der Waals surface area contributed by atoms with Crippen molar-refractivity contribution < 1.29 is 4.79 Å². The second kappa shape index (κ2) is 6.84. The molecule has 4 nitrogen and oxygen atoms in total. The van der Waals surface area contributed by atoms with Crippen LogP contribution < -0.4 is 0 Å². The number of carbonyl (C=O) groups is 1. The van der Waals surface area contributed by atoms with Crippen LogP contribution in [0.15, 0.2) is 54.0 Å². The van der Waals surface area contributed by atoms with Gasteiger partial charge >= 0.3 is 0 Å². The monoisotopic (exact) mass is 351 g/mol. The van der Waals surface area contributed by atoms with Gasteiger partial charge < -0.3 is 4.90 Å². The minimum absolute atomic E-state index is 0.0952. The summed E-state index contributed by atoms with van der Waals surface area (Å²) in [6.07, 6.45) is 5.24. The Morgan fingerprint density at radius 2 is 2.00 bits per heavy atom. The van der Waals surface area contributed by atoms with Crippen LogP contribution in [0.4, 0.5) is 0 Å². The van der Waals surface area contributed by atoms with Gasteiger partial charge in [0.1, 0.15) is 5.69 Å². The standard InChI is InChI=1S/C20H21N3OS/c1-15-8-5-6-12-22(15)20(24)17-14-23(16-9-3-2-4-10-16)21-19(17)18-11-7-13-25-18/h2-4,7,9-11,13-15H,5-6,8,12H2,1H3. The molecule has 0 saturated carbocycles. The van der Waals surface area contributed by atoms with Crippen molar-refractivity contribution in [1.82, 2.24) is 14.7 Å². The molecule has 1 unspecified atom stereocenters. The first kappa shape index (κ1) is 16.1. The minimum Gasteiger partial charge on any atom is -0.336 e. The lowest BCUT2D eigenvalue weighted by Crippen LogP contribution is -2.42. The topological polar surface area (TPSA) is 38.1 Å². The van der Waals surface area contributed by atoms with E-state index in [0.29, 0.717) is 5.56 Å². The van der Waals surface area contributed by atoms with Gasteiger partial charge in [0.25, 0.3) is 5.91 Å². The summed E-state index contributed by atoms with van der Waals surface area (Å²) in [6.45, 7) is 2.98. The Kier molecular flexibility index (Phi) is 4.40. The Bertz CT molecular complexity index is 854. The molecule has 1 aromatic carbocycles. The number of nitrogens with zero attached hydrogens (tertiary/aromatic N) is 3. The van der Waals surface area contributed by atoms with Gasteiger partial charge in [-0.2, -0.15) is 5.10 Å². The fourth-order valence-electron chi connectivity index (χ4n) is 3.39. The van der Waals surface area contributed by atoms with Crippen LogP contribution in [0.2, 0.25) is 0 Å². The van der Waals surface area contributed by atoms with E-state index in [1.54, 1.807) is 11.3 Å². The fraction of sp³-hybridized carbons (Fsp3) is 0.300. The summed E-state index contributed by atoms with van der Waals surface area (Å²) in [5.74, 6) is 0.0952. The fourth-order valence-corrected chi connectivity index (χ4v) is 4.12. The predicted octanol–water partition coefficient (Wildman–Crippen LogP) is 4.62. The van der Waals surface area contributed by atoms with E-state index in [2.05, 4.69) is 6.92 Å². The normalized spacial score (nSPS) is 17.6. The molecular weight excluding hydrogens is 330 g/mol. The zero-order chi connectivity index (χ0) is 17.2. The first-order valence-corrected chi connectivity index (χ1v) is 9.62. The first-order valence-electron chi connectivity index (χ1n) is 8.74. The zero-order valence-electron chi connectivity index (χ0n) is 14.3. The average molecular weight is 351 g/mol. The number of likely N-dealkylation sites (tertiary alicyclic amines) is 1. The molecule has 1 atom stereocenters. The van der Waals surface area contributed by atoms with E-state index in [9.17, 15) is 4.79 Å². The van der Waals surface area contributed by atoms with Crippen molar-refractivity contribution in [2.75, 3.05) is 6.54 Å². The summed E-state index contributed by atoms with van der Waals surface area (Å²) in [7, 11) is 0. The summed E-state index contributed by atoms with van der Waals surface area (Å²) in [5.41, 5.74) is 2.44. The van der Waals surface area contributed by atoms with Crippen molar-refractivity contribution in [3.05, 3.63) is 59.6 Å². The van der Waals surface area contributed by atoms with Crippen molar-refractivity contribution in [3.8, 4) is 16.3 Å². The van der Waals surface area contributed by atoms with Crippen molar-refractivity contribution in [2.45, 2.75) is 32.2 Å². The highest BCUT2D eigenvalue weighted by Gasteiger charge is 2.28. The molecule has 0 spiro atoms. The molecule has 3 heterocycles. The summed E-state index contributed by atoms with van der Waals surface area (Å²) in [4.78, 5) is 16.3. The predicted molar refractivity (Wildman–Crippen MR) is 101 cm³/mol. The van der Waals surface area contributed by atoms with Gasteiger partial charge in [0.2, 0.25) is 0 Å². The van der Waals surface area contributed by atoms with Crippen LogP contribution in [-0.4, -0.2) is 33.2 Å². The first-order chi connectivity index (χ1) is 12.2. The molecule has 2 aromatic heterocycles. The number of carbonyl (C=O) groups excluding carboxylic acids is 1. The number of hydrogen-bond donors (Lipinski definition) is 0. The van der Waals surface area contributed by atoms with Crippen molar-refractivity contribution >= 4 is 17.2 Å². The number of piperidine rings is 1. The SMILES string of the molecule is CC1CCCCN1C(=O)c1cn(-c2ccccc2)nc1-c1cccs1. The Labute approximate surface area is 151 Å². The van der Waals surface area contributed by atoms with Crippen LogP contribution in [0.5, 0.6) is 0 Å². The van der Waals surface area contributed by atoms with Crippen LogP contribution >= 0.6 is 11.3 Å². The van der Waals surface area contributed by atoms with Crippen molar-refractivity contribution in [1.29, 1.82) is 0 Å². The quantitative estimate of drug-likeness (QED) is 0.691. The van der Waals surface area contributed by atoms with E-state index in [-0.39, 0.29) is 11.9 Å². The van der Waals surface area contributed by atoms with Crippen LogP contribution in [-0.2, 0) is 0 Å². The highest BCUT2D eigenvalue weighted by atomic mass is 32.1. The molecule has 0 bridgehead atoms. The second-order valence-electron chi connectivity index (χ2n) is 6.49. The Morgan fingerprint density at radius 1 is 1.16 bits per heavy atom. The summed E-state index contributed by atoms with van der Waals surface area (Å²) in [5, 5.41) is 6.77. The van der Waals surface area contributed by atoms with Crippen molar-refractivity contribution in [3.63, 3.8) is 0 Å². The molecule has 0 radical (unpaired) electrons. The van der Waals surface area contributed by atoms with Crippen LogP contribution in [0.25, 0.3) is 16.3 Å². The van der Waals surface area contributed by atoms with E-state index < -0.39 is 0 Å². The molecule has 1 amide bonds. The molecule has 1 aliphatic heterocycles. The summed E-state index contributed by atoms with van der Waals surface area (Å²) in [6, 6.07) is 14.3. The summed E-state index contributed by atoms with van der Waals surface area (Å²) < 4.78 is 1.82. The largest absolute Gasteiger partial charge is 0.336 e. The van der Waals surface area contributed by atoms with E-state index in [1.807, 2.05) is 63.6 Å². The van der Waals surface area contributed by atoms with E-state index >= 15 is 0 Å². The molecule has 3 aromatic rings.